The molecule has 0 spiro atoms. The number of halogens is 2. The average molecular weight is 612 g/mol. The van der Waals surface area contributed by atoms with E-state index in [-0.39, 0.29) is 29.0 Å². The molecule has 0 saturated heterocycles. The number of fused-ring (bicyclic) bond motifs is 2. The van der Waals surface area contributed by atoms with E-state index in [2.05, 4.69) is 26.0 Å². The molecule has 2 heterocycles. The van der Waals surface area contributed by atoms with Crippen LogP contribution < -0.4 is 25.5 Å². The van der Waals surface area contributed by atoms with Crippen molar-refractivity contribution in [1.82, 2.24) is 9.66 Å². The molecule has 39 heavy (non-hydrogen) atoms. The molecule has 10 nitrogen and oxygen atoms in total. The summed E-state index contributed by atoms with van der Waals surface area (Å²) in [4.78, 5) is 29.5. The zero-order chi connectivity index (χ0) is 27.7. The van der Waals surface area contributed by atoms with Crippen LogP contribution >= 0.6 is 27.5 Å². The maximum absolute atomic E-state index is 13.6. The van der Waals surface area contributed by atoms with Gasteiger partial charge in [0.15, 0.2) is 23.9 Å². The monoisotopic (exact) mass is 610 g/mol. The van der Waals surface area contributed by atoms with Gasteiger partial charge < -0.3 is 24.4 Å². The molecule has 0 aliphatic heterocycles. The lowest BCUT2D eigenvalue weighted by atomic mass is 10.2. The van der Waals surface area contributed by atoms with Crippen LogP contribution in [-0.2, 0) is 4.79 Å². The highest BCUT2D eigenvalue weighted by molar-refractivity contribution is 9.10. The van der Waals surface area contributed by atoms with Gasteiger partial charge in [0.05, 0.1) is 36.7 Å². The Morgan fingerprint density at radius 1 is 1.13 bits per heavy atom. The summed E-state index contributed by atoms with van der Waals surface area (Å²) in [6.07, 6.45) is 1.42. The SMILES string of the molecule is COc1cc(C=Nn2c(-c3cc4c(OC)cccc4o3)nc3ccccc3c2=O)c(Br)c(Cl)c1OCC(N)=O. The van der Waals surface area contributed by atoms with Gasteiger partial charge in [0.2, 0.25) is 5.82 Å². The highest BCUT2D eigenvalue weighted by atomic mass is 79.9. The number of carbonyl (C=O) groups excluding carboxylic acids is 1. The number of carbonyl (C=O) groups is 1. The molecule has 3 aromatic carbocycles. The normalized spacial score (nSPS) is 11.4. The zero-order valence-electron chi connectivity index (χ0n) is 20.6. The van der Waals surface area contributed by atoms with Crippen LogP contribution in [0.2, 0.25) is 5.02 Å². The Bertz CT molecular complexity index is 1830. The summed E-state index contributed by atoms with van der Waals surface area (Å²) in [6, 6.07) is 15.7. The predicted molar refractivity (Wildman–Crippen MR) is 151 cm³/mol. The van der Waals surface area contributed by atoms with Gasteiger partial charge in [-0.1, -0.05) is 29.8 Å². The molecule has 0 aliphatic carbocycles. The first kappa shape index (κ1) is 26.3. The van der Waals surface area contributed by atoms with Crippen LogP contribution in [0.4, 0.5) is 0 Å². The highest BCUT2D eigenvalue weighted by Crippen LogP contribution is 2.42. The van der Waals surface area contributed by atoms with Crippen molar-refractivity contribution in [2.45, 2.75) is 0 Å². The van der Waals surface area contributed by atoms with E-state index < -0.39 is 11.5 Å². The van der Waals surface area contributed by atoms with E-state index in [9.17, 15) is 9.59 Å². The van der Waals surface area contributed by atoms with Crippen molar-refractivity contribution >= 4 is 61.5 Å². The van der Waals surface area contributed by atoms with Gasteiger partial charge in [-0.25, -0.2) is 4.98 Å². The van der Waals surface area contributed by atoms with Crippen LogP contribution in [-0.4, -0.2) is 42.6 Å². The quantitative estimate of drug-likeness (QED) is 0.245. The summed E-state index contributed by atoms with van der Waals surface area (Å²) in [6.45, 7) is -0.389. The van der Waals surface area contributed by atoms with Gasteiger partial charge in [-0.3, -0.25) is 9.59 Å². The molecule has 2 N–H and O–H groups in total. The minimum atomic E-state index is -0.672. The van der Waals surface area contributed by atoms with Gasteiger partial charge in [-0.05, 0) is 52.3 Å². The fourth-order valence-corrected chi connectivity index (χ4v) is 4.61. The molecule has 0 aliphatic rings. The van der Waals surface area contributed by atoms with Crippen LogP contribution in [0.5, 0.6) is 17.2 Å². The molecule has 0 fully saturated rings. The summed E-state index contributed by atoms with van der Waals surface area (Å²) in [7, 11) is 2.99. The fraction of sp³-hybridized carbons (Fsp3) is 0.111. The van der Waals surface area contributed by atoms with E-state index in [0.29, 0.717) is 38.0 Å². The van der Waals surface area contributed by atoms with Crippen molar-refractivity contribution in [1.29, 1.82) is 0 Å². The van der Waals surface area contributed by atoms with E-state index in [4.69, 9.17) is 36.0 Å². The van der Waals surface area contributed by atoms with Crippen LogP contribution in [0.1, 0.15) is 5.56 Å². The summed E-state index contributed by atoms with van der Waals surface area (Å²) in [5.74, 6) is 0.810. The second-order valence-electron chi connectivity index (χ2n) is 8.18. The number of methoxy groups -OCH3 is 2. The summed E-state index contributed by atoms with van der Waals surface area (Å²) < 4.78 is 23.8. The number of furan rings is 1. The lowest BCUT2D eigenvalue weighted by Crippen LogP contribution is -2.20. The Morgan fingerprint density at radius 3 is 2.64 bits per heavy atom. The number of benzene rings is 3. The highest BCUT2D eigenvalue weighted by Gasteiger charge is 2.20. The Labute approximate surface area is 234 Å². The summed E-state index contributed by atoms with van der Waals surface area (Å²) in [5, 5.41) is 5.69. The zero-order valence-corrected chi connectivity index (χ0v) is 22.9. The van der Waals surface area contributed by atoms with Crippen molar-refractivity contribution in [3.8, 4) is 28.8 Å². The number of rotatable bonds is 8. The summed E-state index contributed by atoms with van der Waals surface area (Å²) >= 11 is 9.91. The van der Waals surface area contributed by atoms with E-state index in [1.165, 1.54) is 13.3 Å². The van der Waals surface area contributed by atoms with Crippen molar-refractivity contribution in [2.24, 2.45) is 10.8 Å². The van der Waals surface area contributed by atoms with E-state index >= 15 is 0 Å². The number of ether oxygens (including phenoxy) is 3. The van der Waals surface area contributed by atoms with Crippen molar-refractivity contribution in [3.63, 3.8) is 0 Å². The number of hydrogen-bond donors (Lipinski definition) is 1. The Kier molecular flexibility index (Phi) is 7.27. The molecule has 12 heteroatoms. The van der Waals surface area contributed by atoms with Gasteiger partial charge >= 0.3 is 0 Å². The Hall–Kier alpha value is -4.35. The third kappa shape index (κ3) is 4.93. The standard InChI is InChI=1S/C27H20BrClN4O6/c1-36-18-8-5-9-19-16(18)11-21(39-19)26-32-17-7-4-3-6-15(17)27(35)33(26)31-12-14-10-20(37-2)25(24(29)23(14)28)38-13-22(30)34/h3-12H,13H2,1-2H3,(H2,30,34). The second kappa shape index (κ2) is 10.8. The molecule has 0 unspecified atom stereocenters. The predicted octanol–water partition coefficient (Wildman–Crippen LogP) is 4.99. The van der Waals surface area contributed by atoms with Crippen molar-refractivity contribution in [2.75, 3.05) is 20.8 Å². The van der Waals surface area contributed by atoms with Crippen LogP contribution in [0.25, 0.3) is 33.5 Å². The van der Waals surface area contributed by atoms with Gasteiger partial charge in [0, 0.05) is 10.0 Å². The number of amides is 1. The largest absolute Gasteiger partial charge is 0.496 e. The maximum atomic E-state index is 13.6. The van der Waals surface area contributed by atoms with E-state index in [1.807, 2.05) is 6.07 Å². The third-order valence-electron chi connectivity index (χ3n) is 5.76. The van der Waals surface area contributed by atoms with Crippen molar-refractivity contribution < 1.29 is 23.4 Å². The molecule has 0 radical (unpaired) electrons. The van der Waals surface area contributed by atoms with Crippen LogP contribution in [0.3, 0.4) is 0 Å². The summed E-state index contributed by atoms with van der Waals surface area (Å²) in [5.41, 5.74) is 6.28. The molecule has 5 rings (SSSR count). The Balaban J connectivity index is 1.68. The molecular formula is C27H20BrClN4O6. The Morgan fingerprint density at radius 2 is 1.90 bits per heavy atom. The number of nitrogens with two attached hydrogens (primary N) is 1. The average Bonchev–Trinajstić information content (AvgIpc) is 3.38. The lowest BCUT2D eigenvalue weighted by molar-refractivity contribution is -0.119. The van der Waals surface area contributed by atoms with Gasteiger partial charge in [-0.2, -0.15) is 9.78 Å². The minimum absolute atomic E-state index is 0.128. The van der Waals surface area contributed by atoms with E-state index in [0.717, 1.165) is 10.1 Å². The number of hydrogen-bond acceptors (Lipinski definition) is 8. The molecule has 0 bridgehead atoms. The lowest BCUT2D eigenvalue weighted by Gasteiger charge is -2.14. The molecule has 198 valence electrons. The topological polar surface area (TPSA) is 131 Å². The van der Waals surface area contributed by atoms with Gasteiger partial charge in [0.25, 0.3) is 11.5 Å². The smallest absolute Gasteiger partial charge is 0.282 e. The van der Waals surface area contributed by atoms with Gasteiger partial charge in [-0.15, -0.1) is 0 Å². The third-order valence-corrected chi connectivity index (χ3v) is 7.21. The molecule has 0 atom stereocenters. The number of para-hydroxylation sites is 1. The molecule has 2 aromatic heterocycles. The van der Waals surface area contributed by atoms with Gasteiger partial charge in [0.1, 0.15) is 16.4 Å². The number of aromatic nitrogens is 2. The number of primary amides is 1. The molecule has 5 aromatic rings. The van der Waals surface area contributed by atoms with Crippen molar-refractivity contribution in [3.05, 3.63) is 80.0 Å². The first-order valence-electron chi connectivity index (χ1n) is 11.4. The van der Waals surface area contributed by atoms with E-state index in [1.54, 1.807) is 55.6 Å². The number of nitrogens with zero attached hydrogens (tertiary/aromatic N) is 3. The second-order valence-corrected chi connectivity index (χ2v) is 9.35. The van der Waals surface area contributed by atoms with Crippen LogP contribution in [0.15, 0.2) is 73.4 Å². The first-order valence-corrected chi connectivity index (χ1v) is 12.6. The first-order chi connectivity index (χ1) is 18.8. The molecule has 1 amide bonds. The minimum Gasteiger partial charge on any atom is -0.496 e. The molecule has 0 saturated carbocycles. The fourth-order valence-electron chi connectivity index (χ4n) is 3.96. The maximum Gasteiger partial charge on any atom is 0.282 e. The van der Waals surface area contributed by atoms with Crippen LogP contribution in [0, 0.1) is 0 Å². The molecular weight excluding hydrogens is 592 g/mol.